The number of carbonyl (C=O) groups is 1. The molecule has 0 bridgehead atoms. The Labute approximate surface area is 134 Å². The van der Waals surface area contributed by atoms with Crippen LogP contribution in [0.5, 0.6) is 0 Å². The highest BCUT2D eigenvalue weighted by atomic mass is 79.9. The van der Waals surface area contributed by atoms with Crippen LogP contribution in [0.3, 0.4) is 0 Å². The molecule has 0 spiro atoms. The fraction of sp³-hybridized carbons (Fsp3) is 0. The van der Waals surface area contributed by atoms with E-state index >= 15 is 0 Å². The van der Waals surface area contributed by atoms with E-state index < -0.39 is 5.97 Å². The summed E-state index contributed by atoms with van der Waals surface area (Å²) in [5.41, 5.74) is 1.07. The Bertz CT molecular complexity index is 684. The van der Waals surface area contributed by atoms with Crippen molar-refractivity contribution in [1.29, 1.82) is 0 Å². The number of hydrogen-bond donors (Lipinski definition) is 1. The van der Waals surface area contributed by atoms with E-state index in [-0.39, 0.29) is 21.3 Å². The quantitative estimate of drug-likeness (QED) is 0.822. The van der Waals surface area contributed by atoms with Crippen LogP contribution in [0.4, 0.5) is 0 Å². The van der Waals surface area contributed by atoms with Gasteiger partial charge >= 0.3 is 5.97 Å². The van der Waals surface area contributed by atoms with E-state index in [1.54, 1.807) is 12.2 Å². The lowest BCUT2D eigenvalue weighted by Gasteiger charge is -2.04. The van der Waals surface area contributed by atoms with Crippen LogP contribution in [0.25, 0.3) is 12.2 Å². The van der Waals surface area contributed by atoms with Crippen molar-refractivity contribution in [3.63, 3.8) is 0 Å². The predicted octanol–water partition coefficient (Wildman–Crippen LogP) is 5.02. The number of rotatable bonds is 3. The van der Waals surface area contributed by atoms with Gasteiger partial charge in [-0.3, -0.25) is 4.98 Å². The third kappa shape index (κ3) is 3.39. The number of pyridine rings is 1. The molecule has 0 aliphatic heterocycles. The molecule has 0 atom stereocenters. The van der Waals surface area contributed by atoms with Crippen LogP contribution in [-0.2, 0) is 0 Å². The lowest BCUT2D eigenvalue weighted by molar-refractivity contribution is 0.0696. The van der Waals surface area contributed by atoms with Crippen molar-refractivity contribution in [3.05, 3.63) is 61.8 Å². The highest BCUT2D eigenvalue weighted by molar-refractivity contribution is 9.10. The Hall–Kier alpha value is -1.36. The molecule has 0 amide bonds. The van der Waals surface area contributed by atoms with Gasteiger partial charge in [-0.1, -0.05) is 57.3 Å². The molecule has 0 aliphatic carbocycles. The van der Waals surface area contributed by atoms with Gasteiger partial charge in [-0.05, 0) is 23.8 Å². The summed E-state index contributed by atoms with van der Waals surface area (Å²) in [5.74, 6) is -1.17. The molecule has 0 radical (unpaired) electrons. The van der Waals surface area contributed by atoms with Gasteiger partial charge in [0.05, 0.1) is 15.7 Å². The Morgan fingerprint density at radius 1 is 1.20 bits per heavy atom. The van der Waals surface area contributed by atoms with Crippen molar-refractivity contribution in [2.45, 2.75) is 0 Å². The number of hydrogen-bond acceptors (Lipinski definition) is 2. The van der Waals surface area contributed by atoms with Gasteiger partial charge < -0.3 is 5.11 Å². The monoisotopic (exact) mass is 371 g/mol. The van der Waals surface area contributed by atoms with Crippen molar-refractivity contribution in [2.24, 2.45) is 0 Å². The molecule has 1 aromatic carbocycles. The number of halogens is 3. The molecule has 1 heterocycles. The fourth-order valence-electron chi connectivity index (χ4n) is 1.56. The van der Waals surface area contributed by atoms with Gasteiger partial charge in [-0.2, -0.15) is 0 Å². The van der Waals surface area contributed by atoms with Crippen LogP contribution in [0.1, 0.15) is 21.6 Å². The van der Waals surface area contributed by atoms with Gasteiger partial charge in [0, 0.05) is 10.7 Å². The van der Waals surface area contributed by atoms with E-state index in [0.717, 1.165) is 10.0 Å². The number of carboxylic acid groups (broad SMARTS) is 1. The second-order valence-corrected chi connectivity index (χ2v) is 5.57. The zero-order chi connectivity index (χ0) is 14.7. The molecule has 3 nitrogen and oxygen atoms in total. The number of nitrogens with zero attached hydrogens (tertiary/aromatic N) is 1. The highest BCUT2D eigenvalue weighted by Gasteiger charge is 2.17. The summed E-state index contributed by atoms with van der Waals surface area (Å²) in [6.07, 6.45) is 4.68. The summed E-state index contributed by atoms with van der Waals surface area (Å²) in [6, 6.07) is 7.55. The fourth-order valence-corrected chi connectivity index (χ4v) is 2.19. The van der Waals surface area contributed by atoms with Crippen molar-refractivity contribution in [2.75, 3.05) is 0 Å². The first-order valence-corrected chi connectivity index (χ1v) is 7.05. The van der Waals surface area contributed by atoms with Gasteiger partial charge in [0.15, 0.2) is 0 Å². The topological polar surface area (TPSA) is 50.2 Å². The van der Waals surface area contributed by atoms with E-state index in [2.05, 4.69) is 20.9 Å². The lowest BCUT2D eigenvalue weighted by Crippen LogP contribution is -2.03. The summed E-state index contributed by atoms with van der Waals surface area (Å²) < 4.78 is 0.966. The average Bonchev–Trinajstić information content (AvgIpc) is 2.41. The molecule has 2 rings (SSSR count). The Morgan fingerprint density at radius 2 is 1.85 bits per heavy atom. The summed E-state index contributed by atoms with van der Waals surface area (Å²) >= 11 is 15.0. The lowest BCUT2D eigenvalue weighted by atomic mass is 10.1. The second kappa shape index (κ2) is 6.39. The van der Waals surface area contributed by atoms with Crippen molar-refractivity contribution in [1.82, 2.24) is 4.98 Å². The molecule has 6 heteroatoms. The number of carboxylic acids is 1. The molecule has 0 unspecified atom stereocenters. The SMILES string of the molecule is O=C(O)c1c(/C=C/c2ccc(Br)cc2)ncc(Cl)c1Cl. The molecule has 0 aliphatic rings. The van der Waals surface area contributed by atoms with Gasteiger partial charge in [0.1, 0.15) is 5.56 Å². The third-order valence-electron chi connectivity index (χ3n) is 2.52. The van der Waals surface area contributed by atoms with Gasteiger partial charge in [-0.15, -0.1) is 0 Å². The average molecular weight is 373 g/mol. The minimum Gasteiger partial charge on any atom is -0.478 e. The Balaban J connectivity index is 2.41. The molecule has 1 aromatic heterocycles. The van der Waals surface area contributed by atoms with E-state index in [1.165, 1.54) is 6.20 Å². The molecule has 1 N–H and O–H groups in total. The van der Waals surface area contributed by atoms with Gasteiger partial charge in [0.2, 0.25) is 0 Å². The first-order valence-electron chi connectivity index (χ1n) is 5.50. The summed E-state index contributed by atoms with van der Waals surface area (Å²) in [7, 11) is 0. The largest absolute Gasteiger partial charge is 0.478 e. The molecule has 0 saturated carbocycles. The van der Waals surface area contributed by atoms with Crippen LogP contribution in [0.15, 0.2) is 34.9 Å². The normalized spacial score (nSPS) is 10.9. The van der Waals surface area contributed by atoms with Gasteiger partial charge in [-0.25, -0.2) is 4.79 Å². The summed E-state index contributed by atoms with van der Waals surface area (Å²) in [5, 5.41) is 9.29. The maximum atomic E-state index is 11.2. The molecule has 102 valence electrons. The minimum atomic E-state index is -1.17. The predicted molar refractivity (Wildman–Crippen MR) is 84.3 cm³/mol. The van der Waals surface area contributed by atoms with Crippen molar-refractivity contribution in [3.8, 4) is 0 Å². The smallest absolute Gasteiger partial charge is 0.339 e. The first-order chi connectivity index (χ1) is 9.49. The molecule has 0 saturated heterocycles. The molecule has 20 heavy (non-hydrogen) atoms. The van der Waals surface area contributed by atoms with Crippen molar-refractivity contribution < 1.29 is 9.90 Å². The van der Waals surface area contributed by atoms with Crippen LogP contribution >= 0.6 is 39.1 Å². The standard InChI is InChI=1S/C14H8BrCl2NO2/c15-9-4-1-8(2-5-9)3-6-11-12(14(19)20)13(17)10(16)7-18-11/h1-7H,(H,19,20)/b6-3+. The van der Waals surface area contributed by atoms with Gasteiger partial charge in [0.25, 0.3) is 0 Å². The Kier molecular flexibility index (Phi) is 4.81. The summed E-state index contributed by atoms with van der Waals surface area (Å²) in [6.45, 7) is 0. The second-order valence-electron chi connectivity index (χ2n) is 3.87. The molecule has 0 fully saturated rings. The number of benzene rings is 1. The van der Waals surface area contributed by atoms with E-state index in [0.29, 0.717) is 0 Å². The Morgan fingerprint density at radius 3 is 2.45 bits per heavy atom. The molecule has 2 aromatic rings. The van der Waals surface area contributed by atoms with Crippen LogP contribution < -0.4 is 0 Å². The summed E-state index contributed by atoms with van der Waals surface area (Å²) in [4.78, 5) is 15.2. The highest BCUT2D eigenvalue weighted by Crippen LogP contribution is 2.28. The maximum absolute atomic E-state index is 11.2. The minimum absolute atomic E-state index is 0.00961. The maximum Gasteiger partial charge on any atom is 0.339 e. The number of aromatic nitrogens is 1. The van der Waals surface area contributed by atoms with Crippen molar-refractivity contribution >= 4 is 57.3 Å². The van der Waals surface area contributed by atoms with Crippen LogP contribution in [0.2, 0.25) is 10.0 Å². The van der Waals surface area contributed by atoms with E-state index in [4.69, 9.17) is 23.2 Å². The first kappa shape index (κ1) is 15.0. The van der Waals surface area contributed by atoms with Crippen LogP contribution in [-0.4, -0.2) is 16.1 Å². The number of aromatic carboxylic acids is 1. The zero-order valence-electron chi connectivity index (χ0n) is 9.98. The van der Waals surface area contributed by atoms with E-state index in [9.17, 15) is 9.90 Å². The van der Waals surface area contributed by atoms with Crippen LogP contribution in [0, 0.1) is 0 Å². The third-order valence-corrected chi connectivity index (χ3v) is 3.82. The molecular weight excluding hydrogens is 365 g/mol. The molecular formula is C14H8BrCl2NO2. The van der Waals surface area contributed by atoms with E-state index in [1.807, 2.05) is 24.3 Å². The zero-order valence-corrected chi connectivity index (χ0v) is 13.1.